The van der Waals surface area contributed by atoms with E-state index in [1.165, 1.54) is 13.2 Å². The molecule has 2 aromatic rings. The van der Waals surface area contributed by atoms with Gasteiger partial charge in [-0.05, 0) is 69.4 Å². The van der Waals surface area contributed by atoms with Gasteiger partial charge in [-0.3, -0.25) is 0 Å². The molecule has 5 N–H and O–H groups in total. The van der Waals surface area contributed by atoms with Crippen LogP contribution in [-0.4, -0.2) is 29.1 Å². The average Bonchev–Trinajstić information content (AvgIpc) is 2.63. The van der Waals surface area contributed by atoms with Crippen molar-refractivity contribution >= 4 is 65.2 Å². The predicted molar refractivity (Wildman–Crippen MR) is 145 cm³/mol. The molecule has 0 heterocycles. The van der Waals surface area contributed by atoms with Gasteiger partial charge in [-0.25, -0.2) is 27.1 Å². The van der Waals surface area contributed by atoms with Crippen LogP contribution in [0.3, 0.4) is 0 Å². The summed E-state index contributed by atoms with van der Waals surface area (Å²) in [6.45, 7) is 8.00. The second-order valence-corrected chi connectivity index (χ2v) is 9.77. The van der Waals surface area contributed by atoms with Crippen molar-refractivity contribution in [1.82, 2.24) is 0 Å². The minimum Gasteiger partial charge on any atom is -0.506 e. The summed E-state index contributed by atoms with van der Waals surface area (Å²) in [6.07, 6.45) is 0. The number of primary sulfonamides is 2. The van der Waals surface area contributed by atoms with Gasteiger partial charge in [0.2, 0.25) is 20.0 Å². The van der Waals surface area contributed by atoms with E-state index in [4.69, 9.17) is 20.1 Å². The second-order valence-electron chi connectivity index (χ2n) is 4.45. The van der Waals surface area contributed by atoms with Crippen LogP contribution < -0.4 is 15.0 Å². The number of methoxy groups -OCH3 is 1. The molecule has 0 unspecified atom stereocenters. The van der Waals surface area contributed by atoms with Crippen LogP contribution in [0.25, 0.3) is 0 Å². The van der Waals surface area contributed by atoms with Crippen LogP contribution in [0.1, 0.15) is 42.5 Å². The Morgan fingerprint density at radius 2 is 1.13 bits per heavy atom. The fourth-order valence-electron chi connectivity index (χ4n) is 1.71. The molecule has 2 aromatic carbocycles. The summed E-state index contributed by atoms with van der Waals surface area (Å²) in [5, 5.41) is 19.1. The standard InChI is InChI=1S/C7H8INO3S.C6H6INO3S.2C2H6.2CH4/c1-12-6-4-2-3-5(8)7(6)13(9,10)11;7-4-2-1-3-5(9)6(4)12(8,10)11;2*1-2;;/h2-4H,1H3,(H2,9,10,11);1-3,9H,(H2,8,10,11);2*1-2H3;2*1H4. The molecule has 0 saturated carbocycles. The number of phenols is 1. The molecule has 0 amide bonds. The average molecular weight is 704 g/mol. The first kappa shape index (κ1) is 37.6. The normalized spacial score (nSPS) is 9.58. The first-order valence-electron chi connectivity index (χ1n) is 8.25. The van der Waals surface area contributed by atoms with Crippen LogP contribution >= 0.6 is 45.2 Å². The Morgan fingerprint density at radius 1 is 0.774 bits per heavy atom. The van der Waals surface area contributed by atoms with Crippen LogP contribution in [-0.2, 0) is 20.0 Å². The summed E-state index contributed by atoms with van der Waals surface area (Å²) in [7, 11) is -6.13. The van der Waals surface area contributed by atoms with Gasteiger partial charge < -0.3 is 9.84 Å². The number of hydrogen-bond acceptors (Lipinski definition) is 6. The molecule has 31 heavy (non-hydrogen) atoms. The molecule has 0 bridgehead atoms. The Bertz CT molecular complexity index is 963. The van der Waals surface area contributed by atoms with Crippen LogP contribution in [0, 0.1) is 7.14 Å². The Balaban J connectivity index is -0.000000192. The molecular formula is C19H34I2N2O6S2. The van der Waals surface area contributed by atoms with E-state index in [2.05, 4.69) is 0 Å². The lowest BCUT2D eigenvalue weighted by atomic mass is 10.3. The molecule has 2 rings (SSSR count). The van der Waals surface area contributed by atoms with E-state index in [9.17, 15) is 16.8 Å². The molecule has 12 heteroatoms. The van der Waals surface area contributed by atoms with Gasteiger partial charge >= 0.3 is 0 Å². The van der Waals surface area contributed by atoms with Gasteiger partial charge in [-0.2, -0.15) is 0 Å². The monoisotopic (exact) mass is 704 g/mol. The second kappa shape index (κ2) is 17.8. The first-order valence-corrected chi connectivity index (χ1v) is 13.5. The third kappa shape index (κ3) is 12.8. The Labute approximate surface area is 215 Å². The molecule has 0 spiro atoms. The van der Waals surface area contributed by atoms with E-state index >= 15 is 0 Å². The molecule has 182 valence electrons. The SMILES string of the molecule is C.C.CC.CC.COc1cccc(I)c1S(N)(=O)=O.NS(=O)(=O)c1c(O)cccc1I. The summed E-state index contributed by atoms with van der Waals surface area (Å²) in [5.74, 6) is -0.0428. The van der Waals surface area contributed by atoms with Gasteiger partial charge in [0, 0.05) is 7.14 Å². The quantitative estimate of drug-likeness (QED) is 0.387. The molecule has 8 nitrogen and oxygen atoms in total. The number of aromatic hydroxyl groups is 1. The van der Waals surface area contributed by atoms with E-state index in [-0.39, 0.29) is 36.1 Å². The fourth-order valence-corrected chi connectivity index (χ4v) is 5.97. The van der Waals surface area contributed by atoms with Crippen molar-refractivity contribution in [2.24, 2.45) is 10.3 Å². The van der Waals surface area contributed by atoms with Gasteiger partial charge in [-0.1, -0.05) is 54.7 Å². The van der Waals surface area contributed by atoms with Crippen molar-refractivity contribution < 1.29 is 26.7 Å². The van der Waals surface area contributed by atoms with Crippen LogP contribution in [0.2, 0.25) is 0 Å². The fraction of sp³-hybridized carbons (Fsp3) is 0.368. The predicted octanol–water partition coefficient (Wildman–Crippen LogP) is 4.92. The van der Waals surface area contributed by atoms with Gasteiger partial charge in [-0.15, -0.1) is 0 Å². The van der Waals surface area contributed by atoms with Crippen molar-refractivity contribution in [2.45, 2.75) is 52.3 Å². The Kier molecular flexibility index (Phi) is 21.6. The molecule has 0 radical (unpaired) electrons. The van der Waals surface area contributed by atoms with E-state index in [0.717, 1.165) is 0 Å². The highest BCUT2D eigenvalue weighted by atomic mass is 127. The molecular weight excluding hydrogens is 670 g/mol. The van der Waals surface area contributed by atoms with Crippen molar-refractivity contribution in [1.29, 1.82) is 0 Å². The number of hydrogen-bond donors (Lipinski definition) is 3. The summed E-state index contributed by atoms with van der Waals surface area (Å²) in [5.41, 5.74) is 0. The van der Waals surface area contributed by atoms with Gasteiger partial charge in [0.25, 0.3) is 0 Å². The molecule has 0 saturated heterocycles. The maximum Gasteiger partial charge on any atom is 0.242 e. The molecule has 0 aliphatic rings. The van der Waals surface area contributed by atoms with E-state index in [0.29, 0.717) is 7.14 Å². The van der Waals surface area contributed by atoms with Crippen LogP contribution in [0.5, 0.6) is 11.5 Å². The highest BCUT2D eigenvalue weighted by Crippen LogP contribution is 2.27. The number of phenolic OH excluding ortho intramolecular Hbond substituents is 1. The third-order valence-electron chi connectivity index (χ3n) is 2.67. The number of halogens is 2. The highest BCUT2D eigenvalue weighted by molar-refractivity contribution is 14.1. The maximum atomic E-state index is 11.1. The minimum atomic E-state index is -3.82. The number of benzene rings is 2. The van der Waals surface area contributed by atoms with Crippen LogP contribution in [0.15, 0.2) is 46.2 Å². The van der Waals surface area contributed by atoms with Crippen molar-refractivity contribution in [3.05, 3.63) is 43.5 Å². The van der Waals surface area contributed by atoms with Crippen molar-refractivity contribution in [2.75, 3.05) is 7.11 Å². The summed E-state index contributed by atoms with van der Waals surface area (Å²) >= 11 is 3.69. The Morgan fingerprint density at radius 3 is 1.39 bits per heavy atom. The van der Waals surface area contributed by atoms with Gasteiger partial charge in [0.05, 0.1) is 7.11 Å². The van der Waals surface area contributed by atoms with Crippen molar-refractivity contribution in [3.63, 3.8) is 0 Å². The largest absolute Gasteiger partial charge is 0.506 e. The first-order chi connectivity index (χ1) is 13.4. The van der Waals surface area contributed by atoms with Gasteiger partial charge in [0.15, 0.2) is 0 Å². The number of sulfonamides is 2. The lowest BCUT2D eigenvalue weighted by Crippen LogP contribution is -2.14. The van der Waals surface area contributed by atoms with Gasteiger partial charge in [0.1, 0.15) is 21.3 Å². The number of ether oxygens (including phenoxy) is 1. The number of nitrogens with two attached hydrogens (primary N) is 2. The highest BCUT2D eigenvalue weighted by Gasteiger charge is 2.18. The van der Waals surface area contributed by atoms with E-state index in [1.54, 1.807) is 52.9 Å². The Hall–Kier alpha value is -0.680. The summed E-state index contributed by atoms with van der Waals surface area (Å²) in [4.78, 5) is -0.177. The zero-order valence-corrected chi connectivity index (χ0v) is 22.6. The zero-order chi connectivity index (χ0) is 23.4. The lowest BCUT2D eigenvalue weighted by Gasteiger charge is -2.07. The minimum absolute atomic E-state index is 0. The van der Waals surface area contributed by atoms with E-state index in [1.807, 2.05) is 50.3 Å². The van der Waals surface area contributed by atoms with E-state index < -0.39 is 20.0 Å². The summed E-state index contributed by atoms with van der Waals surface area (Å²) in [6, 6.07) is 9.30. The van der Waals surface area contributed by atoms with Crippen molar-refractivity contribution in [3.8, 4) is 11.5 Å². The molecule has 0 fully saturated rings. The smallest absolute Gasteiger partial charge is 0.242 e. The third-order valence-corrected chi connectivity index (χ3v) is 7.18. The number of rotatable bonds is 3. The zero-order valence-electron chi connectivity index (χ0n) is 16.7. The molecule has 0 aliphatic heterocycles. The lowest BCUT2D eigenvalue weighted by molar-refractivity contribution is 0.402. The van der Waals surface area contributed by atoms with Crippen LogP contribution in [0.4, 0.5) is 0 Å². The summed E-state index contributed by atoms with van der Waals surface area (Å²) < 4.78 is 49.9. The maximum absolute atomic E-state index is 11.1. The molecule has 0 aliphatic carbocycles. The molecule has 0 aromatic heterocycles. The topological polar surface area (TPSA) is 150 Å². The molecule has 0 atom stereocenters.